The zero-order chi connectivity index (χ0) is 45.1. The first-order valence-electron chi connectivity index (χ1n) is 26.3. The van der Waals surface area contributed by atoms with Crippen molar-refractivity contribution in [2.75, 3.05) is 13.2 Å². The van der Waals surface area contributed by atoms with Crippen molar-refractivity contribution in [3.8, 4) is 0 Å². The van der Waals surface area contributed by atoms with Crippen LogP contribution in [0.4, 0.5) is 0 Å². The topological polar surface area (TPSA) is 78.9 Å². The van der Waals surface area contributed by atoms with Crippen molar-refractivity contribution < 1.29 is 28.6 Å². The van der Waals surface area contributed by atoms with Gasteiger partial charge in [0.1, 0.15) is 13.2 Å². The van der Waals surface area contributed by atoms with Gasteiger partial charge in [-0.3, -0.25) is 14.4 Å². The van der Waals surface area contributed by atoms with Crippen molar-refractivity contribution in [1.29, 1.82) is 0 Å². The Morgan fingerprint density at radius 2 is 0.661 bits per heavy atom. The summed E-state index contributed by atoms with van der Waals surface area (Å²) in [5, 5.41) is 0. The van der Waals surface area contributed by atoms with Crippen LogP contribution in [0.5, 0.6) is 0 Å². The highest BCUT2D eigenvalue weighted by atomic mass is 16.6. The van der Waals surface area contributed by atoms with E-state index in [-0.39, 0.29) is 31.1 Å². The fourth-order valence-electron chi connectivity index (χ4n) is 7.38. The van der Waals surface area contributed by atoms with E-state index in [1.807, 2.05) is 18.2 Å². The van der Waals surface area contributed by atoms with E-state index in [9.17, 15) is 14.4 Å². The summed E-state index contributed by atoms with van der Waals surface area (Å²) in [4.78, 5) is 38.0. The van der Waals surface area contributed by atoms with Gasteiger partial charge >= 0.3 is 17.9 Å². The van der Waals surface area contributed by atoms with Crippen LogP contribution >= 0.6 is 0 Å². The van der Waals surface area contributed by atoms with Crippen molar-refractivity contribution in [3.63, 3.8) is 0 Å². The van der Waals surface area contributed by atoms with Gasteiger partial charge in [-0.1, -0.05) is 242 Å². The van der Waals surface area contributed by atoms with Crippen LogP contribution in [0.3, 0.4) is 0 Å². The molecule has 0 rings (SSSR count). The highest BCUT2D eigenvalue weighted by Crippen LogP contribution is 2.16. The van der Waals surface area contributed by atoms with Crippen molar-refractivity contribution in [2.45, 2.75) is 264 Å². The number of esters is 3. The Bertz CT molecular complexity index is 1130. The molecule has 1 unspecified atom stereocenters. The van der Waals surface area contributed by atoms with Crippen LogP contribution < -0.4 is 0 Å². The molecule has 0 fully saturated rings. The second-order valence-corrected chi connectivity index (χ2v) is 17.5. The molecule has 0 saturated carbocycles. The molecule has 0 N–H and O–H groups in total. The fraction of sp³-hybridized carbons (Fsp3) is 0.768. The largest absolute Gasteiger partial charge is 0.462 e. The Balaban J connectivity index is 4.36. The number of hydrogen-bond donors (Lipinski definition) is 0. The minimum absolute atomic E-state index is 0.0846. The average molecular weight is 867 g/mol. The fourth-order valence-corrected chi connectivity index (χ4v) is 7.38. The summed E-state index contributed by atoms with van der Waals surface area (Å²) in [7, 11) is 0. The molecule has 6 heteroatoms. The van der Waals surface area contributed by atoms with Gasteiger partial charge in [0.25, 0.3) is 0 Å². The molecule has 62 heavy (non-hydrogen) atoms. The van der Waals surface area contributed by atoms with E-state index in [1.165, 1.54) is 128 Å². The van der Waals surface area contributed by atoms with E-state index in [0.717, 1.165) is 89.9 Å². The maximum absolute atomic E-state index is 12.8. The first kappa shape index (κ1) is 59.1. The normalized spacial score (nSPS) is 12.5. The molecule has 0 saturated heterocycles. The molecule has 0 aromatic carbocycles. The van der Waals surface area contributed by atoms with E-state index < -0.39 is 6.10 Å². The number of allylic oxidation sites excluding steroid dienone is 10. The van der Waals surface area contributed by atoms with Gasteiger partial charge in [-0.2, -0.15) is 0 Å². The zero-order valence-corrected chi connectivity index (χ0v) is 40.9. The first-order chi connectivity index (χ1) is 30.5. The molecule has 0 aromatic heterocycles. The third-order valence-electron chi connectivity index (χ3n) is 11.4. The maximum Gasteiger partial charge on any atom is 0.306 e. The number of ether oxygens (including phenoxy) is 3. The van der Waals surface area contributed by atoms with Crippen LogP contribution in [0.25, 0.3) is 0 Å². The Labute approximate surface area is 383 Å². The van der Waals surface area contributed by atoms with E-state index in [2.05, 4.69) is 63.3 Å². The molecule has 0 aliphatic carbocycles. The highest BCUT2D eigenvalue weighted by Gasteiger charge is 2.19. The molecule has 0 radical (unpaired) electrons. The van der Waals surface area contributed by atoms with Crippen LogP contribution in [-0.4, -0.2) is 37.2 Å². The summed E-state index contributed by atoms with van der Waals surface area (Å²) in [5.41, 5.74) is 0. The zero-order valence-electron chi connectivity index (χ0n) is 40.9. The lowest BCUT2D eigenvalue weighted by Gasteiger charge is -2.18. The Kier molecular flexibility index (Phi) is 48.4. The minimum Gasteiger partial charge on any atom is -0.462 e. The van der Waals surface area contributed by atoms with Gasteiger partial charge in [0.15, 0.2) is 6.10 Å². The Hall–Kier alpha value is -2.89. The predicted octanol–water partition coefficient (Wildman–Crippen LogP) is 17.3. The highest BCUT2D eigenvalue weighted by molar-refractivity contribution is 5.71. The monoisotopic (exact) mass is 867 g/mol. The SMILES string of the molecule is CC\C=C/C=C\C=C/C=C\CCCCCCCC(=O)OC(COC(=O)CCCCCCC/C=C\CCCC)COC(=O)CCCCCCCCCCCCCCCCCCCC. The smallest absolute Gasteiger partial charge is 0.306 e. The van der Waals surface area contributed by atoms with Gasteiger partial charge in [-0.15, -0.1) is 0 Å². The lowest BCUT2D eigenvalue weighted by molar-refractivity contribution is -0.167. The lowest BCUT2D eigenvalue weighted by atomic mass is 10.0. The molecule has 0 aliphatic heterocycles. The van der Waals surface area contributed by atoms with Crippen LogP contribution in [0, 0.1) is 0 Å². The third kappa shape index (κ3) is 48.1. The summed E-state index contributed by atoms with van der Waals surface area (Å²) in [5.74, 6) is -0.912. The Morgan fingerprint density at radius 3 is 1.08 bits per heavy atom. The molecule has 6 nitrogen and oxygen atoms in total. The molecule has 0 bridgehead atoms. The van der Waals surface area contributed by atoms with Crippen molar-refractivity contribution in [3.05, 3.63) is 60.8 Å². The van der Waals surface area contributed by atoms with Crippen molar-refractivity contribution in [2.24, 2.45) is 0 Å². The molecule has 0 amide bonds. The van der Waals surface area contributed by atoms with Crippen LogP contribution in [0.2, 0.25) is 0 Å². The van der Waals surface area contributed by atoms with E-state index in [4.69, 9.17) is 14.2 Å². The van der Waals surface area contributed by atoms with Crippen LogP contribution in [0.1, 0.15) is 258 Å². The van der Waals surface area contributed by atoms with Gasteiger partial charge < -0.3 is 14.2 Å². The summed E-state index contributed by atoms with van der Waals surface area (Å²) in [6.45, 7) is 6.45. The molecular weight excluding hydrogens is 769 g/mol. The van der Waals surface area contributed by atoms with Crippen LogP contribution in [0.15, 0.2) is 60.8 Å². The van der Waals surface area contributed by atoms with Crippen molar-refractivity contribution in [1.82, 2.24) is 0 Å². The van der Waals surface area contributed by atoms with Gasteiger partial charge in [0.2, 0.25) is 0 Å². The molecule has 1 atom stereocenters. The molecule has 0 aromatic rings. The Morgan fingerprint density at radius 1 is 0.339 bits per heavy atom. The van der Waals surface area contributed by atoms with E-state index >= 15 is 0 Å². The first-order valence-corrected chi connectivity index (χ1v) is 26.3. The van der Waals surface area contributed by atoms with Crippen LogP contribution in [-0.2, 0) is 28.6 Å². The molecule has 0 spiro atoms. The van der Waals surface area contributed by atoms with Crippen molar-refractivity contribution >= 4 is 17.9 Å². The average Bonchev–Trinajstić information content (AvgIpc) is 3.27. The van der Waals surface area contributed by atoms with E-state index in [0.29, 0.717) is 19.3 Å². The number of carbonyl (C=O) groups is 3. The molecule has 358 valence electrons. The van der Waals surface area contributed by atoms with Gasteiger partial charge in [0.05, 0.1) is 0 Å². The van der Waals surface area contributed by atoms with Gasteiger partial charge in [-0.25, -0.2) is 0 Å². The predicted molar refractivity (Wildman–Crippen MR) is 265 cm³/mol. The summed E-state index contributed by atoms with van der Waals surface area (Å²) in [6, 6.07) is 0. The quantitative estimate of drug-likeness (QED) is 0.0199. The third-order valence-corrected chi connectivity index (χ3v) is 11.4. The standard InChI is InChI=1S/C56H98O6/c1-4-7-10-13-16-19-22-24-26-27-28-30-31-34-37-40-43-46-49-55(58)61-52-53(51-60-54(57)48-45-42-39-36-33-21-18-15-12-9-6-3)62-56(59)50-47-44-41-38-35-32-29-25-23-20-17-14-11-8-5-2/h8,11,14-15,17-18,20,23,25,29,53H,4-7,9-10,12-13,16,19,21-22,24,26-28,30-52H2,1-3H3/b11-8-,17-14-,18-15-,23-20-,29-25-. The number of carbonyl (C=O) groups excluding carboxylic acids is 3. The second-order valence-electron chi connectivity index (χ2n) is 17.5. The van der Waals surface area contributed by atoms with E-state index in [1.54, 1.807) is 0 Å². The maximum atomic E-state index is 12.8. The molecular formula is C56H98O6. The molecule has 0 heterocycles. The number of hydrogen-bond acceptors (Lipinski definition) is 6. The number of rotatable bonds is 47. The summed E-state index contributed by atoms with van der Waals surface area (Å²) in [6.07, 6.45) is 62.1. The van der Waals surface area contributed by atoms with Gasteiger partial charge in [-0.05, 0) is 57.8 Å². The summed E-state index contributed by atoms with van der Waals surface area (Å²) < 4.78 is 16.8. The molecule has 0 aliphatic rings. The lowest BCUT2D eigenvalue weighted by Crippen LogP contribution is -2.30. The second kappa shape index (κ2) is 50.8. The summed E-state index contributed by atoms with van der Waals surface area (Å²) >= 11 is 0. The van der Waals surface area contributed by atoms with Gasteiger partial charge in [0, 0.05) is 19.3 Å². The minimum atomic E-state index is -0.787. The number of unbranched alkanes of at least 4 members (excludes halogenated alkanes) is 29.